The minimum atomic E-state index is -1.04. The van der Waals surface area contributed by atoms with Crippen LogP contribution in [0.2, 0.25) is 0 Å². The van der Waals surface area contributed by atoms with E-state index >= 15 is 0 Å². The summed E-state index contributed by atoms with van der Waals surface area (Å²) in [6, 6.07) is 1.18. The maximum atomic E-state index is 13.9. The van der Waals surface area contributed by atoms with Gasteiger partial charge in [-0.25, -0.2) is 18.0 Å². The molecule has 0 aliphatic heterocycles. The number of rotatable bonds is 3. The van der Waals surface area contributed by atoms with Gasteiger partial charge in [0.2, 0.25) is 0 Å². The Kier molecular flexibility index (Phi) is 4.22. The van der Waals surface area contributed by atoms with Crippen molar-refractivity contribution in [3.8, 4) is 10.4 Å². The number of benzene rings is 1. The van der Waals surface area contributed by atoms with Crippen LogP contribution in [0.1, 0.15) is 22.2 Å². The van der Waals surface area contributed by atoms with Gasteiger partial charge in [0.1, 0.15) is 22.3 Å². The van der Waals surface area contributed by atoms with Crippen molar-refractivity contribution in [2.75, 3.05) is 12.8 Å². The Bertz CT molecular complexity index is 689. The molecule has 0 aliphatic carbocycles. The molecule has 0 saturated heterocycles. The summed E-state index contributed by atoms with van der Waals surface area (Å²) in [6.45, 7) is 1.74. The topological polar surface area (TPSA) is 52.3 Å². The summed E-state index contributed by atoms with van der Waals surface area (Å²) in [6.07, 6.45) is 0.366. The number of carbonyl (C=O) groups is 1. The van der Waals surface area contributed by atoms with Gasteiger partial charge < -0.3 is 10.5 Å². The van der Waals surface area contributed by atoms with Crippen LogP contribution in [0.3, 0.4) is 0 Å². The molecule has 0 saturated carbocycles. The molecule has 0 unspecified atom stereocenters. The van der Waals surface area contributed by atoms with Gasteiger partial charge in [0, 0.05) is 17.0 Å². The van der Waals surface area contributed by atoms with E-state index in [-0.39, 0.29) is 21.0 Å². The lowest BCUT2D eigenvalue weighted by Gasteiger charge is -2.06. The lowest BCUT2D eigenvalue weighted by atomic mass is 10.0. The average molecular weight is 315 g/mol. The van der Waals surface area contributed by atoms with Crippen molar-refractivity contribution < 1.29 is 22.7 Å². The van der Waals surface area contributed by atoms with Crippen LogP contribution >= 0.6 is 11.3 Å². The zero-order valence-corrected chi connectivity index (χ0v) is 12.1. The number of thiophene rings is 1. The fourth-order valence-corrected chi connectivity index (χ4v) is 3.31. The van der Waals surface area contributed by atoms with E-state index in [0.29, 0.717) is 24.1 Å². The smallest absolute Gasteiger partial charge is 0.350 e. The van der Waals surface area contributed by atoms with Crippen LogP contribution in [0.25, 0.3) is 10.4 Å². The number of anilines is 1. The molecule has 0 bridgehead atoms. The Balaban J connectivity index is 2.73. The van der Waals surface area contributed by atoms with Gasteiger partial charge in [0.15, 0.2) is 0 Å². The molecule has 112 valence electrons. The van der Waals surface area contributed by atoms with Gasteiger partial charge in [-0.05, 0) is 12.0 Å². The summed E-state index contributed by atoms with van der Waals surface area (Å²) in [4.78, 5) is 11.9. The number of carbonyl (C=O) groups excluding carboxylic acids is 1. The number of halogens is 3. The third kappa shape index (κ3) is 2.61. The van der Waals surface area contributed by atoms with Crippen molar-refractivity contribution in [2.24, 2.45) is 0 Å². The first-order valence-corrected chi connectivity index (χ1v) is 6.86. The number of hydrogen-bond donors (Lipinski definition) is 1. The van der Waals surface area contributed by atoms with E-state index in [4.69, 9.17) is 5.73 Å². The molecule has 0 spiro atoms. The average Bonchev–Trinajstić information content (AvgIpc) is 2.73. The summed E-state index contributed by atoms with van der Waals surface area (Å²) in [5, 5.41) is 0. The number of hydrogen-bond acceptors (Lipinski definition) is 4. The van der Waals surface area contributed by atoms with Crippen LogP contribution < -0.4 is 5.73 Å². The Morgan fingerprint density at radius 2 is 1.86 bits per heavy atom. The molecular formula is C14H12F3NO2S. The van der Waals surface area contributed by atoms with Crippen molar-refractivity contribution >= 4 is 23.0 Å². The molecule has 0 fully saturated rings. The summed E-state index contributed by atoms with van der Waals surface area (Å²) in [5.74, 6) is -3.77. The first-order valence-electron chi connectivity index (χ1n) is 6.05. The van der Waals surface area contributed by atoms with Crippen LogP contribution in [0.15, 0.2) is 12.1 Å². The third-order valence-corrected chi connectivity index (χ3v) is 4.25. The van der Waals surface area contributed by atoms with E-state index in [0.717, 1.165) is 11.3 Å². The lowest BCUT2D eigenvalue weighted by Crippen LogP contribution is -2.02. The minimum Gasteiger partial charge on any atom is -0.465 e. The molecule has 0 aliphatic rings. The maximum Gasteiger partial charge on any atom is 0.350 e. The molecule has 1 aromatic carbocycles. The van der Waals surface area contributed by atoms with Gasteiger partial charge in [-0.1, -0.05) is 6.92 Å². The first kappa shape index (κ1) is 15.4. The highest BCUT2D eigenvalue weighted by Gasteiger charge is 2.25. The Labute approximate surface area is 123 Å². The quantitative estimate of drug-likeness (QED) is 0.877. The molecular weight excluding hydrogens is 303 g/mol. The van der Waals surface area contributed by atoms with Crippen molar-refractivity contribution in [2.45, 2.75) is 13.3 Å². The predicted octanol–water partition coefficient (Wildman–Crippen LogP) is 3.76. The summed E-state index contributed by atoms with van der Waals surface area (Å²) < 4.78 is 45.4. The molecule has 2 rings (SSSR count). The highest BCUT2D eigenvalue weighted by molar-refractivity contribution is 7.18. The largest absolute Gasteiger partial charge is 0.465 e. The number of ether oxygens (including phenoxy) is 1. The zero-order valence-electron chi connectivity index (χ0n) is 11.3. The van der Waals surface area contributed by atoms with Gasteiger partial charge in [-0.3, -0.25) is 0 Å². The van der Waals surface area contributed by atoms with E-state index < -0.39 is 23.4 Å². The van der Waals surface area contributed by atoms with E-state index in [1.54, 1.807) is 6.92 Å². The predicted molar refractivity (Wildman–Crippen MR) is 74.8 cm³/mol. The molecule has 21 heavy (non-hydrogen) atoms. The second-order valence-corrected chi connectivity index (χ2v) is 5.26. The van der Waals surface area contributed by atoms with E-state index in [1.165, 1.54) is 7.11 Å². The van der Waals surface area contributed by atoms with Crippen LogP contribution in [0.5, 0.6) is 0 Å². The molecule has 2 N–H and O–H groups in total. The summed E-state index contributed by atoms with van der Waals surface area (Å²) in [5.41, 5.74) is 6.03. The van der Waals surface area contributed by atoms with Crippen LogP contribution in [-0.4, -0.2) is 13.1 Å². The Hall–Kier alpha value is -2.02. The van der Waals surface area contributed by atoms with Crippen molar-refractivity contribution in [1.82, 2.24) is 0 Å². The van der Waals surface area contributed by atoms with Crippen LogP contribution in [-0.2, 0) is 11.2 Å². The molecule has 1 aromatic heterocycles. The second kappa shape index (κ2) is 5.77. The van der Waals surface area contributed by atoms with Crippen LogP contribution in [0, 0.1) is 17.5 Å². The Morgan fingerprint density at radius 1 is 1.29 bits per heavy atom. The summed E-state index contributed by atoms with van der Waals surface area (Å²) in [7, 11) is 1.19. The minimum absolute atomic E-state index is 0.0764. The lowest BCUT2D eigenvalue weighted by molar-refractivity contribution is 0.0607. The van der Waals surface area contributed by atoms with Gasteiger partial charge in [0.05, 0.1) is 18.4 Å². The SMILES string of the molecule is CCc1c(-c2c(F)cc(F)cc2F)sc(C(=O)OC)c1N. The highest BCUT2D eigenvalue weighted by Crippen LogP contribution is 2.41. The van der Waals surface area contributed by atoms with Gasteiger partial charge in [-0.15, -0.1) is 11.3 Å². The maximum absolute atomic E-state index is 13.9. The molecule has 0 atom stereocenters. The number of esters is 1. The van der Waals surface area contributed by atoms with Gasteiger partial charge >= 0.3 is 5.97 Å². The molecule has 3 nitrogen and oxygen atoms in total. The van der Waals surface area contributed by atoms with Crippen molar-refractivity contribution in [1.29, 1.82) is 0 Å². The first-order chi connectivity index (χ1) is 9.90. The molecule has 2 aromatic rings. The molecule has 1 heterocycles. The molecule has 7 heteroatoms. The highest BCUT2D eigenvalue weighted by atomic mass is 32.1. The number of methoxy groups -OCH3 is 1. The molecule has 0 radical (unpaired) electrons. The van der Waals surface area contributed by atoms with E-state index in [2.05, 4.69) is 4.74 Å². The van der Waals surface area contributed by atoms with Crippen molar-refractivity contribution in [3.05, 3.63) is 40.0 Å². The number of nitrogen functional groups attached to an aromatic ring is 1. The molecule has 0 amide bonds. The number of nitrogens with two attached hydrogens (primary N) is 1. The third-order valence-electron chi connectivity index (χ3n) is 3.01. The van der Waals surface area contributed by atoms with Gasteiger partial charge in [0.25, 0.3) is 0 Å². The Morgan fingerprint density at radius 3 is 2.33 bits per heavy atom. The fourth-order valence-electron chi connectivity index (χ4n) is 2.03. The van der Waals surface area contributed by atoms with Gasteiger partial charge in [-0.2, -0.15) is 0 Å². The van der Waals surface area contributed by atoms with E-state index in [1.807, 2.05) is 0 Å². The standard InChI is InChI=1S/C14H12F3NO2S/c1-3-7-11(18)13(14(19)20-2)21-12(7)10-8(16)4-6(15)5-9(10)17/h4-5H,3,18H2,1-2H3. The summed E-state index contributed by atoms with van der Waals surface area (Å²) >= 11 is 0.829. The fraction of sp³-hybridized carbons (Fsp3) is 0.214. The zero-order chi connectivity index (χ0) is 15.7. The second-order valence-electron chi connectivity index (χ2n) is 4.24. The normalized spacial score (nSPS) is 10.7. The monoisotopic (exact) mass is 315 g/mol. The van der Waals surface area contributed by atoms with Crippen LogP contribution in [0.4, 0.5) is 18.9 Å². The van der Waals surface area contributed by atoms with E-state index in [9.17, 15) is 18.0 Å². The van der Waals surface area contributed by atoms with Crippen molar-refractivity contribution in [3.63, 3.8) is 0 Å².